The minimum absolute atomic E-state index is 0.416. The molecule has 0 saturated heterocycles. The van der Waals surface area contributed by atoms with E-state index < -0.39 is 5.91 Å². The number of benzene rings is 1. The van der Waals surface area contributed by atoms with E-state index in [-0.39, 0.29) is 0 Å². The lowest BCUT2D eigenvalue weighted by molar-refractivity contribution is 0.100. The predicted molar refractivity (Wildman–Crippen MR) is 113 cm³/mol. The first-order valence-corrected chi connectivity index (χ1v) is 9.22. The molecule has 3 aromatic heterocycles. The molecule has 3 heterocycles. The molecule has 4 aromatic rings. The number of aromatic nitrogens is 4. The Balaban J connectivity index is 1.61. The number of fused-ring (bicyclic) bond motifs is 1. The lowest BCUT2D eigenvalue weighted by atomic mass is 10.1. The third kappa shape index (κ3) is 3.86. The van der Waals surface area contributed by atoms with E-state index in [4.69, 9.17) is 16.5 Å². The van der Waals surface area contributed by atoms with Gasteiger partial charge in [0.05, 0.1) is 5.69 Å². The van der Waals surface area contributed by atoms with Crippen molar-refractivity contribution in [3.05, 3.63) is 71.7 Å². The number of primary amides is 1. The van der Waals surface area contributed by atoms with Crippen molar-refractivity contribution >= 4 is 23.2 Å². The Morgan fingerprint density at radius 2 is 1.90 bits per heavy atom. The highest BCUT2D eigenvalue weighted by Crippen LogP contribution is 2.28. The van der Waals surface area contributed by atoms with Gasteiger partial charge in [0.1, 0.15) is 23.0 Å². The molecule has 8 heteroatoms. The van der Waals surface area contributed by atoms with Gasteiger partial charge in [-0.25, -0.2) is 15.0 Å². The summed E-state index contributed by atoms with van der Waals surface area (Å²) in [5.41, 5.74) is 15.2. The van der Waals surface area contributed by atoms with Crippen LogP contribution in [0.15, 0.2) is 54.7 Å². The number of imidazole rings is 1. The lowest BCUT2D eigenvalue weighted by Crippen LogP contribution is -2.11. The smallest absolute Gasteiger partial charge is 0.248 e. The van der Waals surface area contributed by atoms with Gasteiger partial charge in [0, 0.05) is 24.4 Å². The Labute approximate surface area is 167 Å². The van der Waals surface area contributed by atoms with Gasteiger partial charge in [-0.3, -0.25) is 9.20 Å². The zero-order chi connectivity index (χ0) is 20.4. The molecule has 0 saturated carbocycles. The van der Waals surface area contributed by atoms with Crippen LogP contribution in [0.4, 0.5) is 11.6 Å². The summed E-state index contributed by atoms with van der Waals surface area (Å²) in [6.45, 7) is 2.47. The molecule has 0 aliphatic carbocycles. The summed E-state index contributed by atoms with van der Waals surface area (Å²) in [7, 11) is 0. The third-order valence-electron chi connectivity index (χ3n) is 4.57. The molecule has 0 unspecified atom stereocenters. The summed E-state index contributed by atoms with van der Waals surface area (Å²) in [6.07, 6.45) is 2.70. The van der Waals surface area contributed by atoms with Crippen molar-refractivity contribution in [2.24, 2.45) is 5.73 Å². The second kappa shape index (κ2) is 7.59. The minimum Gasteiger partial charge on any atom is -0.384 e. The van der Waals surface area contributed by atoms with Crippen molar-refractivity contribution in [1.82, 2.24) is 19.4 Å². The van der Waals surface area contributed by atoms with Crippen LogP contribution in [0.1, 0.15) is 21.7 Å². The van der Waals surface area contributed by atoms with E-state index in [0.29, 0.717) is 29.4 Å². The molecule has 5 N–H and O–H groups in total. The average molecular weight is 387 g/mol. The summed E-state index contributed by atoms with van der Waals surface area (Å²) in [4.78, 5) is 24.6. The Morgan fingerprint density at radius 1 is 1.10 bits per heavy atom. The van der Waals surface area contributed by atoms with E-state index in [9.17, 15) is 4.79 Å². The maximum absolute atomic E-state index is 11.2. The molecule has 0 radical (unpaired) electrons. The monoisotopic (exact) mass is 387 g/mol. The first-order valence-electron chi connectivity index (χ1n) is 9.22. The number of hydrogen-bond donors (Lipinski definition) is 3. The zero-order valence-electron chi connectivity index (χ0n) is 16.0. The number of nitrogen functional groups attached to an aromatic ring is 1. The van der Waals surface area contributed by atoms with E-state index in [2.05, 4.69) is 15.3 Å². The maximum Gasteiger partial charge on any atom is 0.248 e. The molecule has 4 rings (SSSR count). The Kier molecular flexibility index (Phi) is 4.82. The van der Waals surface area contributed by atoms with Crippen LogP contribution in [0.5, 0.6) is 0 Å². The molecule has 0 atom stereocenters. The highest BCUT2D eigenvalue weighted by atomic mass is 16.1. The van der Waals surface area contributed by atoms with Gasteiger partial charge in [-0.15, -0.1) is 0 Å². The second-order valence-electron chi connectivity index (χ2n) is 6.70. The molecule has 0 aliphatic rings. The predicted octanol–water partition coefficient (Wildman–Crippen LogP) is 2.44. The largest absolute Gasteiger partial charge is 0.384 e. The van der Waals surface area contributed by atoms with Crippen molar-refractivity contribution in [3.8, 4) is 11.4 Å². The van der Waals surface area contributed by atoms with Gasteiger partial charge in [0.15, 0.2) is 5.82 Å². The highest BCUT2D eigenvalue weighted by molar-refractivity contribution is 5.92. The van der Waals surface area contributed by atoms with Gasteiger partial charge in [-0.2, -0.15) is 0 Å². The molecular formula is C21H21N7O. The number of rotatable bonds is 6. The zero-order valence-corrected chi connectivity index (χ0v) is 16.0. The minimum atomic E-state index is -0.427. The summed E-state index contributed by atoms with van der Waals surface area (Å²) in [5.74, 6) is 1.32. The molecule has 0 spiro atoms. The maximum atomic E-state index is 11.2. The van der Waals surface area contributed by atoms with Crippen LogP contribution in [0.3, 0.4) is 0 Å². The van der Waals surface area contributed by atoms with Gasteiger partial charge in [0.25, 0.3) is 0 Å². The number of nitrogens with zero attached hydrogens (tertiary/aromatic N) is 4. The van der Waals surface area contributed by atoms with Crippen molar-refractivity contribution in [1.29, 1.82) is 0 Å². The number of nitrogens with one attached hydrogen (secondary N) is 1. The van der Waals surface area contributed by atoms with Crippen LogP contribution in [-0.2, 0) is 6.42 Å². The number of carbonyl (C=O) groups excluding carboxylic acids is 1. The summed E-state index contributed by atoms with van der Waals surface area (Å²) in [6, 6.07) is 14.9. The van der Waals surface area contributed by atoms with Crippen molar-refractivity contribution in [2.75, 3.05) is 17.6 Å². The fourth-order valence-electron chi connectivity index (χ4n) is 3.24. The Morgan fingerprint density at radius 3 is 2.62 bits per heavy atom. The Bertz CT molecular complexity index is 1160. The number of aryl methyl sites for hydroxylation is 1. The quantitative estimate of drug-likeness (QED) is 0.467. The van der Waals surface area contributed by atoms with Crippen molar-refractivity contribution < 1.29 is 4.79 Å². The molecule has 0 fully saturated rings. The van der Waals surface area contributed by atoms with Crippen LogP contribution in [-0.4, -0.2) is 31.8 Å². The number of pyridine rings is 1. The molecule has 29 heavy (non-hydrogen) atoms. The molecule has 1 aromatic carbocycles. The first kappa shape index (κ1) is 18.4. The number of anilines is 2. The molecule has 0 aliphatic heterocycles. The molecule has 0 bridgehead atoms. The van der Waals surface area contributed by atoms with E-state index in [1.165, 1.54) is 0 Å². The van der Waals surface area contributed by atoms with E-state index in [1.54, 1.807) is 18.2 Å². The fraction of sp³-hybridized carbons (Fsp3) is 0.143. The number of amides is 1. The van der Waals surface area contributed by atoms with Gasteiger partial charge < -0.3 is 16.8 Å². The molecule has 1 amide bonds. The summed E-state index contributed by atoms with van der Waals surface area (Å²) >= 11 is 0. The number of nitrogens with two attached hydrogens (primary N) is 2. The Hall–Kier alpha value is -3.94. The standard InChI is InChI=1S/C21H21N7O/c1-13-25-16(12-17(22)26-13)19-21(27-18-4-2-3-11-28(18)19)24-10-9-14-5-7-15(8-6-14)20(23)29/h2-8,11-12,24H,9-10H2,1H3,(H2,23,29)(H2,22,25,26). The van der Waals surface area contributed by atoms with Gasteiger partial charge >= 0.3 is 0 Å². The second-order valence-corrected chi connectivity index (χ2v) is 6.70. The molecule has 146 valence electrons. The third-order valence-corrected chi connectivity index (χ3v) is 4.57. The topological polar surface area (TPSA) is 124 Å². The highest BCUT2D eigenvalue weighted by Gasteiger charge is 2.16. The van der Waals surface area contributed by atoms with Crippen LogP contribution in [0.2, 0.25) is 0 Å². The fourth-order valence-corrected chi connectivity index (χ4v) is 3.24. The normalized spacial score (nSPS) is 10.9. The summed E-state index contributed by atoms with van der Waals surface area (Å²) in [5, 5.41) is 3.40. The molecular weight excluding hydrogens is 366 g/mol. The van der Waals surface area contributed by atoms with Crippen molar-refractivity contribution in [3.63, 3.8) is 0 Å². The lowest BCUT2D eigenvalue weighted by Gasteiger charge is -2.09. The van der Waals surface area contributed by atoms with Gasteiger partial charge in [0.2, 0.25) is 5.91 Å². The van der Waals surface area contributed by atoms with Gasteiger partial charge in [-0.05, 0) is 43.2 Å². The van der Waals surface area contributed by atoms with Crippen LogP contribution < -0.4 is 16.8 Å². The SMILES string of the molecule is Cc1nc(N)cc(-c2c(NCCc3ccc(C(N)=O)cc3)nc3ccccn23)n1. The van der Waals surface area contributed by atoms with Crippen molar-refractivity contribution in [2.45, 2.75) is 13.3 Å². The molecule has 8 nitrogen and oxygen atoms in total. The first-order chi connectivity index (χ1) is 14.0. The number of carbonyl (C=O) groups is 1. The van der Waals surface area contributed by atoms with E-state index >= 15 is 0 Å². The van der Waals surface area contributed by atoms with Gasteiger partial charge in [-0.1, -0.05) is 18.2 Å². The van der Waals surface area contributed by atoms with Crippen LogP contribution >= 0.6 is 0 Å². The van der Waals surface area contributed by atoms with E-state index in [1.807, 2.05) is 47.9 Å². The summed E-state index contributed by atoms with van der Waals surface area (Å²) < 4.78 is 1.98. The van der Waals surface area contributed by atoms with E-state index in [0.717, 1.165) is 29.1 Å². The van der Waals surface area contributed by atoms with Crippen LogP contribution in [0, 0.1) is 6.92 Å². The van der Waals surface area contributed by atoms with Crippen LogP contribution in [0.25, 0.3) is 17.0 Å². The number of hydrogen-bond acceptors (Lipinski definition) is 6. The average Bonchev–Trinajstić information content (AvgIpc) is 3.06.